The second kappa shape index (κ2) is 8.32. The highest BCUT2D eigenvalue weighted by molar-refractivity contribution is 7.90. The Bertz CT molecular complexity index is 772. The summed E-state index contributed by atoms with van der Waals surface area (Å²) in [6, 6.07) is 0. The average Bonchev–Trinajstić information content (AvgIpc) is 2.46. The lowest BCUT2D eigenvalue weighted by Gasteiger charge is -2.30. The molecular formula is C8H12F9N3O6S3. The maximum Gasteiger partial charge on any atom is 0.511 e. The molecule has 3 N–H and O–H groups in total. The van der Waals surface area contributed by atoms with E-state index in [1.54, 1.807) is 0 Å². The van der Waals surface area contributed by atoms with E-state index in [0.717, 1.165) is 14.2 Å². The first-order chi connectivity index (χ1) is 12.4. The van der Waals surface area contributed by atoms with Gasteiger partial charge in [0.1, 0.15) is 0 Å². The van der Waals surface area contributed by atoms with Crippen LogP contribution in [0.2, 0.25) is 0 Å². The summed E-state index contributed by atoms with van der Waals surface area (Å²) in [6.45, 7) is -4.29. The zero-order chi connectivity index (χ0) is 23.7. The minimum atomic E-state index is -6.14. The second-order valence-corrected chi connectivity index (χ2v) is 10.9. The maximum absolute atomic E-state index is 12.3. The van der Waals surface area contributed by atoms with Gasteiger partial charge in [0, 0.05) is 25.0 Å². The van der Waals surface area contributed by atoms with Crippen LogP contribution in [0.15, 0.2) is 0 Å². The molecule has 0 aromatic rings. The lowest BCUT2D eigenvalue weighted by molar-refractivity contribution is -0.0451. The summed E-state index contributed by atoms with van der Waals surface area (Å²) in [4.78, 5) is 0. The molecule has 0 aromatic carbocycles. The molecule has 176 valence electrons. The Morgan fingerprint density at radius 2 is 0.690 bits per heavy atom. The molecule has 0 heterocycles. The Morgan fingerprint density at radius 1 is 0.517 bits per heavy atom. The molecule has 0 rings (SSSR count). The summed E-state index contributed by atoms with van der Waals surface area (Å²) in [5.74, 6) is 0. The van der Waals surface area contributed by atoms with Gasteiger partial charge in [0.2, 0.25) is 0 Å². The second-order valence-electron chi connectivity index (χ2n) is 5.62. The fourth-order valence-corrected chi connectivity index (χ4v) is 3.35. The Hall–Kier alpha value is -0.900. The molecule has 21 heteroatoms. The van der Waals surface area contributed by atoms with Crippen molar-refractivity contribution in [3.63, 3.8) is 0 Å². The zero-order valence-corrected chi connectivity index (χ0v) is 16.1. The minimum absolute atomic E-state index is 0.518. The van der Waals surface area contributed by atoms with Crippen LogP contribution in [-0.4, -0.2) is 61.4 Å². The first kappa shape index (κ1) is 28.1. The number of halogens is 9. The summed E-state index contributed by atoms with van der Waals surface area (Å²) in [7, 11) is -18.4. The van der Waals surface area contributed by atoms with Crippen LogP contribution in [0.1, 0.15) is 6.92 Å². The van der Waals surface area contributed by atoms with Crippen molar-refractivity contribution in [1.82, 2.24) is 14.2 Å². The van der Waals surface area contributed by atoms with Crippen molar-refractivity contribution in [2.45, 2.75) is 23.4 Å². The molecule has 0 spiro atoms. The van der Waals surface area contributed by atoms with Gasteiger partial charge in [0.25, 0.3) is 0 Å². The molecule has 0 atom stereocenters. The molecule has 0 aromatic heterocycles. The van der Waals surface area contributed by atoms with Crippen LogP contribution in [0.3, 0.4) is 0 Å². The third-order valence-electron chi connectivity index (χ3n) is 2.98. The van der Waals surface area contributed by atoms with E-state index in [-0.39, 0.29) is 0 Å². The number of sulfonamides is 3. The van der Waals surface area contributed by atoms with Crippen LogP contribution in [-0.2, 0) is 30.1 Å². The summed E-state index contributed by atoms with van der Waals surface area (Å²) < 4.78 is 179. The summed E-state index contributed by atoms with van der Waals surface area (Å²) in [6.07, 6.45) is 0. The van der Waals surface area contributed by atoms with E-state index in [4.69, 9.17) is 0 Å². The minimum Gasteiger partial charge on any atom is -0.207 e. The van der Waals surface area contributed by atoms with E-state index in [2.05, 4.69) is 0 Å². The van der Waals surface area contributed by atoms with E-state index in [1.807, 2.05) is 0 Å². The molecule has 0 bridgehead atoms. The molecule has 9 nitrogen and oxygen atoms in total. The van der Waals surface area contributed by atoms with Gasteiger partial charge in [-0.2, -0.15) is 39.5 Å². The number of rotatable bonds is 9. The van der Waals surface area contributed by atoms with Gasteiger partial charge in [-0.25, -0.2) is 39.4 Å². The highest BCUT2D eigenvalue weighted by atomic mass is 32.2. The van der Waals surface area contributed by atoms with Gasteiger partial charge in [0.05, 0.1) is 0 Å². The fourth-order valence-electron chi connectivity index (χ4n) is 1.24. The molecule has 0 saturated heterocycles. The third-order valence-corrected chi connectivity index (χ3v) is 6.38. The van der Waals surface area contributed by atoms with Gasteiger partial charge in [0.15, 0.2) is 0 Å². The predicted molar refractivity (Wildman–Crippen MR) is 77.0 cm³/mol. The average molecular weight is 513 g/mol. The first-order valence-corrected chi connectivity index (χ1v) is 11.0. The molecule has 0 aliphatic carbocycles. The number of hydrogen-bond donors (Lipinski definition) is 3. The van der Waals surface area contributed by atoms with Crippen molar-refractivity contribution in [2.24, 2.45) is 5.41 Å². The van der Waals surface area contributed by atoms with E-state index in [0.29, 0.717) is 6.92 Å². The molecule has 0 aliphatic heterocycles. The molecular weight excluding hydrogens is 501 g/mol. The molecule has 0 radical (unpaired) electrons. The van der Waals surface area contributed by atoms with Crippen molar-refractivity contribution in [2.75, 3.05) is 19.6 Å². The fraction of sp³-hybridized carbons (Fsp3) is 1.00. The van der Waals surface area contributed by atoms with Crippen LogP contribution in [0.5, 0.6) is 0 Å². The van der Waals surface area contributed by atoms with Crippen molar-refractivity contribution in [1.29, 1.82) is 0 Å². The summed E-state index contributed by atoms with van der Waals surface area (Å²) in [5.41, 5.74) is -20.3. The van der Waals surface area contributed by atoms with Crippen LogP contribution < -0.4 is 14.2 Å². The van der Waals surface area contributed by atoms with E-state index in [9.17, 15) is 64.8 Å². The van der Waals surface area contributed by atoms with Crippen LogP contribution in [0.25, 0.3) is 0 Å². The molecule has 29 heavy (non-hydrogen) atoms. The quantitative estimate of drug-likeness (QED) is 0.380. The zero-order valence-electron chi connectivity index (χ0n) is 13.7. The number of alkyl halides is 9. The highest BCUT2D eigenvalue weighted by Crippen LogP contribution is 2.27. The number of hydrogen-bond acceptors (Lipinski definition) is 6. The molecule has 0 unspecified atom stereocenters. The Labute approximate surface area is 158 Å². The van der Waals surface area contributed by atoms with Crippen LogP contribution in [0.4, 0.5) is 39.5 Å². The van der Waals surface area contributed by atoms with Gasteiger partial charge < -0.3 is 0 Å². The van der Waals surface area contributed by atoms with E-state index < -0.39 is 71.6 Å². The normalized spacial score (nSPS) is 15.5. The summed E-state index contributed by atoms with van der Waals surface area (Å²) >= 11 is 0. The first-order valence-electron chi connectivity index (χ1n) is 6.55. The topological polar surface area (TPSA) is 139 Å². The van der Waals surface area contributed by atoms with Crippen LogP contribution >= 0.6 is 0 Å². The maximum atomic E-state index is 12.3. The van der Waals surface area contributed by atoms with E-state index >= 15 is 0 Å². The summed E-state index contributed by atoms with van der Waals surface area (Å²) in [5, 5.41) is 0. The smallest absolute Gasteiger partial charge is 0.207 e. The van der Waals surface area contributed by atoms with Crippen molar-refractivity contribution in [3.05, 3.63) is 0 Å². The third kappa shape index (κ3) is 7.70. The predicted octanol–water partition coefficient (Wildman–Crippen LogP) is 0.310. The molecule has 0 fully saturated rings. The Morgan fingerprint density at radius 3 is 0.828 bits per heavy atom. The van der Waals surface area contributed by atoms with Gasteiger partial charge in [-0.1, -0.05) is 6.92 Å². The van der Waals surface area contributed by atoms with Crippen molar-refractivity contribution in [3.8, 4) is 0 Å². The van der Waals surface area contributed by atoms with Crippen molar-refractivity contribution >= 4 is 30.1 Å². The van der Waals surface area contributed by atoms with E-state index in [1.165, 1.54) is 0 Å². The van der Waals surface area contributed by atoms with Crippen LogP contribution in [0, 0.1) is 5.41 Å². The Balaban J connectivity index is 5.70. The highest BCUT2D eigenvalue weighted by Gasteiger charge is 2.50. The number of nitrogens with one attached hydrogen (secondary N) is 3. The monoisotopic (exact) mass is 513 g/mol. The largest absolute Gasteiger partial charge is 0.511 e. The molecule has 0 aliphatic rings. The molecule has 0 amide bonds. The lowest BCUT2D eigenvalue weighted by atomic mass is 9.91. The van der Waals surface area contributed by atoms with Crippen molar-refractivity contribution < 1.29 is 64.8 Å². The van der Waals surface area contributed by atoms with Gasteiger partial charge in [-0.15, -0.1) is 0 Å². The standard InChI is InChI=1S/C8H12F9N3O6S3/c1-5(2-18-27(21,22)6(9,10)11,3-19-28(23,24)7(12,13)14)4-20-29(25,26)8(15,16)17/h18-20H,2-4H2,1H3. The van der Waals surface area contributed by atoms with Gasteiger partial charge >= 0.3 is 46.6 Å². The van der Waals surface area contributed by atoms with Gasteiger partial charge in [-0.3, -0.25) is 0 Å². The lowest BCUT2D eigenvalue weighted by Crippen LogP contribution is -2.53. The molecule has 0 saturated carbocycles. The Kier molecular flexibility index (Phi) is 8.06. The SMILES string of the molecule is CC(CNS(=O)(=O)C(F)(F)F)(CNS(=O)(=O)C(F)(F)F)CNS(=O)(=O)C(F)(F)F. The van der Waals surface area contributed by atoms with Gasteiger partial charge in [-0.05, 0) is 0 Å².